The lowest BCUT2D eigenvalue weighted by atomic mass is 10.1. The van der Waals surface area contributed by atoms with Crippen molar-refractivity contribution in [3.63, 3.8) is 0 Å². The Labute approximate surface area is 156 Å². The van der Waals surface area contributed by atoms with Crippen molar-refractivity contribution in [2.45, 2.75) is 18.8 Å². The van der Waals surface area contributed by atoms with Crippen molar-refractivity contribution in [2.75, 3.05) is 4.90 Å². The van der Waals surface area contributed by atoms with Crippen LogP contribution in [0, 0.1) is 12.7 Å². The molecule has 1 atom stereocenters. The largest absolute Gasteiger partial charge is 0.440 e. The van der Waals surface area contributed by atoms with Crippen LogP contribution in [0.2, 0.25) is 0 Å². The molecule has 0 aromatic heterocycles. The number of nitrogens with one attached hydrogen (secondary N) is 2. The molecule has 0 spiro atoms. The molecular weight excluding hydrogens is 382 g/mol. The summed E-state index contributed by atoms with van der Waals surface area (Å²) in [4.78, 5) is 37.2. The molecule has 1 fully saturated rings. The summed E-state index contributed by atoms with van der Waals surface area (Å²) < 4.78 is 55.5. The highest BCUT2D eigenvalue weighted by Crippen LogP contribution is 2.36. The Bertz CT molecular complexity index is 977. The van der Waals surface area contributed by atoms with E-state index in [4.69, 9.17) is 0 Å². The van der Waals surface area contributed by atoms with Gasteiger partial charge in [-0.3, -0.25) is 14.9 Å². The molecule has 0 unspecified atom stereocenters. The molecule has 2 N–H and O–H groups in total. The minimum absolute atomic E-state index is 0.0148. The average Bonchev–Trinajstić information content (AvgIpc) is 2.87. The van der Waals surface area contributed by atoms with Crippen LogP contribution in [0.25, 0.3) is 0 Å². The Balaban J connectivity index is 2.05. The smallest absolute Gasteiger partial charge is 0.314 e. The number of benzene rings is 2. The van der Waals surface area contributed by atoms with Gasteiger partial charge in [0.1, 0.15) is 5.82 Å². The number of imide groups is 1. The van der Waals surface area contributed by atoms with Gasteiger partial charge in [-0.05, 0) is 30.7 Å². The maximum absolute atomic E-state index is 14.0. The van der Waals surface area contributed by atoms with Crippen LogP contribution >= 0.6 is 0 Å². The first kappa shape index (κ1) is 19.3. The highest BCUT2D eigenvalue weighted by Gasteiger charge is 2.69. The number of halogens is 4. The van der Waals surface area contributed by atoms with Crippen molar-refractivity contribution in [1.29, 1.82) is 0 Å². The first-order valence-electron chi connectivity index (χ1n) is 7.94. The number of carbonyl (C=O) groups excluding carboxylic acids is 3. The van der Waals surface area contributed by atoms with Crippen molar-refractivity contribution in [3.05, 3.63) is 65.5 Å². The Hall–Kier alpha value is -3.43. The van der Waals surface area contributed by atoms with E-state index >= 15 is 0 Å². The summed E-state index contributed by atoms with van der Waals surface area (Å²) >= 11 is 0. The van der Waals surface area contributed by atoms with E-state index in [1.807, 2.05) is 0 Å². The normalized spacial score (nSPS) is 19.5. The van der Waals surface area contributed by atoms with E-state index < -0.39 is 41.2 Å². The molecule has 2 aromatic carbocycles. The van der Waals surface area contributed by atoms with Gasteiger partial charge in [0.2, 0.25) is 0 Å². The summed E-state index contributed by atoms with van der Waals surface area (Å²) in [5.74, 6) is -4.16. The lowest BCUT2D eigenvalue weighted by Crippen LogP contribution is -2.69. The summed E-state index contributed by atoms with van der Waals surface area (Å²) in [5.41, 5.74) is -4.15. The zero-order chi connectivity index (χ0) is 20.7. The van der Waals surface area contributed by atoms with E-state index in [2.05, 4.69) is 0 Å². The minimum atomic E-state index is -5.39. The molecule has 28 heavy (non-hydrogen) atoms. The zero-order valence-electron chi connectivity index (χ0n) is 14.3. The zero-order valence-corrected chi connectivity index (χ0v) is 14.3. The number of hydrogen-bond donors (Lipinski definition) is 2. The predicted octanol–water partition coefficient (Wildman–Crippen LogP) is 2.88. The van der Waals surface area contributed by atoms with E-state index in [9.17, 15) is 31.9 Å². The van der Waals surface area contributed by atoms with Crippen molar-refractivity contribution in [3.8, 4) is 0 Å². The Morgan fingerprint density at radius 2 is 1.68 bits per heavy atom. The molecule has 3 rings (SSSR count). The number of amides is 4. The lowest BCUT2D eigenvalue weighted by Gasteiger charge is -2.30. The maximum Gasteiger partial charge on any atom is 0.440 e. The molecule has 0 aliphatic carbocycles. The number of carbonyl (C=O) groups is 3. The van der Waals surface area contributed by atoms with Gasteiger partial charge in [-0.2, -0.15) is 13.2 Å². The van der Waals surface area contributed by atoms with Crippen LogP contribution in [0.3, 0.4) is 0 Å². The van der Waals surface area contributed by atoms with Gasteiger partial charge < -0.3 is 5.32 Å². The molecule has 0 radical (unpaired) electrons. The molecule has 4 amide bonds. The molecule has 146 valence electrons. The van der Waals surface area contributed by atoms with Crippen LogP contribution in [0.15, 0.2) is 48.5 Å². The van der Waals surface area contributed by atoms with Crippen LogP contribution < -0.4 is 15.5 Å². The summed E-state index contributed by atoms with van der Waals surface area (Å²) in [6.07, 6.45) is -5.39. The molecule has 1 heterocycles. The summed E-state index contributed by atoms with van der Waals surface area (Å²) in [7, 11) is 0. The molecule has 1 aliphatic heterocycles. The number of anilines is 1. The number of alkyl halides is 3. The van der Waals surface area contributed by atoms with Crippen LogP contribution in [0.5, 0.6) is 0 Å². The SMILES string of the molecule is Cc1ccccc1C(=O)N[C@]1(C(F)(F)F)NC(=O)N(c2ccccc2F)C1=O. The fourth-order valence-electron chi connectivity index (χ4n) is 2.79. The second kappa shape index (κ2) is 6.63. The molecule has 1 aliphatic rings. The maximum atomic E-state index is 14.0. The Morgan fingerprint density at radius 3 is 2.29 bits per heavy atom. The Kier molecular flexibility index (Phi) is 4.58. The standard InChI is InChI=1S/C18H13F4N3O3/c1-10-6-2-3-7-11(10)14(26)23-17(18(20,21)22)15(27)25(16(28)24-17)13-9-5-4-8-12(13)19/h2-9H,1H3,(H,23,26)(H,24,28)/t17-/m0/s1. The van der Waals surface area contributed by atoms with Crippen LogP contribution in [-0.4, -0.2) is 29.7 Å². The molecule has 6 nitrogen and oxygen atoms in total. The fourth-order valence-corrected chi connectivity index (χ4v) is 2.79. The predicted molar refractivity (Wildman–Crippen MR) is 89.8 cm³/mol. The lowest BCUT2D eigenvalue weighted by molar-refractivity contribution is -0.197. The van der Waals surface area contributed by atoms with Gasteiger partial charge in [-0.15, -0.1) is 0 Å². The van der Waals surface area contributed by atoms with Crippen molar-refractivity contribution in [1.82, 2.24) is 10.6 Å². The monoisotopic (exact) mass is 395 g/mol. The van der Waals surface area contributed by atoms with E-state index in [0.29, 0.717) is 5.56 Å². The number of urea groups is 1. The van der Waals surface area contributed by atoms with Crippen molar-refractivity contribution in [2.24, 2.45) is 0 Å². The third kappa shape index (κ3) is 2.96. The topological polar surface area (TPSA) is 78.5 Å². The summed E-state index contributed by atoms with van der Waals surface area (Å²) in [6, 6.07) is 8.61. The minimum Gasteiger partial charge on any atom is -0.314 e. The second-order valence-corrected chi connectivity index (χ2v) is 6.04. The van der Waals surface area contributed by atoms with Gasteiger partial charge in [0.05, 0.1) is 5.69 Å². The highest BCUT2D eigenvalue weighted by atomic mass is 19.4. The highest BCUT2D eigenvalue weighted by molar-refractivity contribution is 6.24. The van der Waals surface area contributed by atoms with Gasteiger partial charge in [0.15, 0.2) is 0 Å². The first-order valence-corrected chi connectivity index (χ1v) is 7.94. The Morgan fingerprint density at radius 1 is 1.07 bits per heavy atom. The number of nitrogens with zero attached hydrogens (tertiary/aromatic N) is 1. The number of rotatable bonds is 3. The number of aryl methyl sites for hydroxylation is 1. The van der Waals surface area contributed by atoms with Gasteiger partial charge in [0, 0.05) is 5.56 Å². The van der Waals surface area contributed by atoms with Gasteiger partial charge in [-0.1, -0.05) is 30.3 Å². The van der Waals surface area contributed by atoms with E-state index in [1.54, 1.807) is 11.4 Å². The molecule has 2 aromatic rings. The fraction of sp³-hybridized carbons (Fsp3) is 0.167. The van der Waals surface area contributed by atoms with Crippen LogP contribution in [-0.2, 0) is 4.79 Å². The summed E-state index contributed by atoms with van der Waals surface area (Å²) in [6.45, 7) is 1.50. The van der Waals surface area contributed by atoms with Gasteiger partial charge >= 0.3 is 12.2 Å². The van der Waals surface area contributed by atoms with E-state index in [1.165, 1.54) is 42.6 Å². The van der Waals surface area contributed by atoms with Crippen LogP contribution in [0.4, 0.5) is 28.0 Å². The first-order chi connectivity index (χ1) is 13.1. The molecule has 0 saturated carbocycles. The van der Waals surface area contributed by atoms with Crippen molar-refractivity contribution < 1.29 is 31.9 Å². The quantitative estimate of drug-likeness (QED) is 0.620. The molecule has 0 bridgehead atoms. The van der Waals surface area contributed by atoms with Crippen molar-refractivity contribution >= 4 is 23.5 Å². The molecule has 10 heteroatoms. The third-order valence-corrected chi connectivity index (χ3v) is 4.23. The summed E-state index contributed by atoms with van der Waals surface area (Å²) in [5, 5.41) is 3.05. The van der Waals surface area contributed by atoms with Crippen LogP contribution in [0.1, 0.15) is 15.9 Å². The number of para-hydroxylation sites is 1. The molecular formula is C18H13F4N3O3. The van der Waals surface area contributed by atoms with E-state index in [-0.39, 0.29) is 10.5 Å². The number of hydrogen-bond acceptors (Lipinski definition) is 3. The second-order valence-electron chi connectivity index (χ2n) is 6.04. The van der Waals surface area contributed by atoms with Gasteiger partial charge in [-0.25, -0.2) is 14.1 Å². The molecule has 1 saturated heterocycles. The third-order valence-electron chi connectivity index (χ3n) is 4.23. The average molecular weight is 395 g/mol. The van der Waals surface area contributed by atoms with Gasteiger partial charge in [0.25, 0.3) is 17.5 Å². The van der Waals surface area contributed by atoms with E-state index in [0.717, 1.165) is 12.1 Å².